The zero-order valence-electron chi connectivity index (χ0n) is 13.9. The van der Waals surface area contributed by atoms with Gasteiger partial charge in [0, 0.05) is 12.7 Å². The zero-order chi connectivity index (χ0) is 16.9. The number of fused-ring (bicyclic) bond motifs is 1. The lowest BCUT2D eigenvalue weighted by Crippen LogP contribution is -2.27. The zero-order valence-corrected chi connectivity index (χ0v) is 13.9. The molecule has 0 fully saturated rings. The fraction of sp³-hybridized carbons (Fsp3) is 0.389. The number of rotatable bonds is 5. The fourth-order valence-corrected chi connectivity index (χ4v) is 2.63. The summed E-state index contributed by atoms with van der Waals surface area (Å²) in [6.45, 7) is 5.70. The molecule has 3 rings (SSSR count). The molecule has 24 heavy (non-hydrogen) atoms. The van der Waals surface area contributed by atoms with E-state index >= 15 is 0 Å². The maximum absolute atomic E-state index is 12.4. The molecule has 2 aromatic rings. The first-order valence-electron chi connectivity index (χ1n) is 8.12. The molecule has 0 aliphatic carbocycles. The van der Waals surface area contributed by atoms with E-state index in [-0.39, 0.29) is 11.8 Å². The van der Waals surface area contributed by atoms with Crippen molar-refractivity contribution in [2.75, 3.05) is 19.8 Å². The number of nitrogens with zero attached hydrogens (tertiary/aromatic N) is 2. The summed E-state index contributed by atoms with van der Waals surface area (Å²) in [7, 11) is 0. The Balaban J connectivity index is 1.59. The molecule has 2 heterocycles. The van der Waals surface area contributed by atoms with E-state index in [2.05, 4.69) is 15.3 Å². The first kappa shape index (κ1) is 16.2. The number of aromatic nitrogens is 2. The SMILES string of the molecule is CC(C)c1ncncc1C(=O)NCCc1ccc2c(c1)OCCO2. The van der Waals surface area contributed by atoms with E-state index in [1.807, 2.05) is 32.0 Å². The van der Waals surface area contributed by atoms with E-state index in [9.17, 15) is 4.79 Å². The summed E-state index contributed by atoms with van der Waals surface area (Å²) >= 11 is 0. The van der Waals surface area contributed by atoms with Crippen molar-refractivity contribution in [2.45, 2.75) is 26.2 Å². The number of amides is 1. The Bertz CT molecular complexity index is 731. The van der Waals surface area contributed by atoms with Crippen LogP contribution in [0.4, 0.5) is 0 Å². The molecule has 1 N–H and O–H groups in total. The molecular formula is C18H21N3O3. The van der Waals surface area contributed by atoms with Crippen LogP contribution in [0.2, 0.25) is 0 Å². The molecule has 0 atom stereocenters. The van der Waals surface area contributed by atoms with E-state index in [1.54, 1.807) is 6.20 Å². The lowest BCUT2D eigenvalue weighted by Gasteiger charge is -2.19. The second-order valence-corrected chi connectivity index (χ2v) is 5.96. The smallest absolute Gasteiger partial charge is 0.254 e. The molecule has 0 unspecified atom stereocenters. The number of carbonyl (C=O) groups excluding carboxylic acids is 1. The van der Waals surface area contributed by atoms with Gasteiger partial charge in [-0.15, -0.1) is 0 Å². The van der Waals surface area contributed by atoms with Gasteiger partial charge >= 0.3 is 0 Å². The third-order valence-corrected chi connectivity index (χ3v) is 3.84. The maximum atomic E-state index is 12.4. The summed E-state index contributed by atoms with van der Waals surface area (Å²) in [6, 6.07) is 5.87. The molecule has 6 nitrogen and oxygen atoms in total. The Labute approximate surface area is 141 Å². The van der Waals surface area contributed by atoms with Crippen molar-refractivity contribution in [3.8, 4) is 11.5 Å². The van der Waals surface area contributed by atoms with Gasteiger partial charge in [-0.1, -0.05) is 19.9 Å². The van der Waals surface area contributed by atoms with Gasteiger partial charge in [-0.05, 0) is 30.0 Å². The van der Waals surface area contributed by atoms with Crippen molar-refractivity contribution in [2.24, 2.45) is 0 Å². The Morgan fingerprint density at radius 2 is 2.04 bits per heavy atom. The van der Waals surface area contributed by atoms with Crippen molar-refractivity contribution in [1.29, 1.82) is 0 Å². The lowest BCUT2D eigenvalue weighted by atomic mass is 10.0. The van der Waals surface area contributed by atoms with Gasteiger partial charge in [0.25, 0.3) is 5.91 Å². The number of nitrogens with one attached hydrogen (secondary N) is 1. The van der Waals surface area contributed by atoms with Crippen LogP contribution in [0.25, 0.3) is 0 Å². The van der Waals surface area contributed by atoms with E-state index in [0.717, 1.165) is 22.8 Å². The number of hydrogen-bond acceptors (Lipinski definition) is 5. The molecule has 0 radical (unpaired) electrons. The van der Waals surface area contributed by atoms with Crippen LogP contribution in [-0.4, -0.2) is 35.6 Å². The predicted octanol–water partition coefficient (Wildman–Crippen LogP) is 2.34. The van der Waals surface area contributed by atoms with Crippen molar-refractivity contribution in [3.63, 3.8) is 0 Å². The minimum Gasteiger partial charge on any atom is -0.486 e. The van der Waals surface area contributed by atoms with Crippen LogP contribution in [-0.2, 0) is 6.42 Å². The second-order valence-electron chi connectivity index (χ2n) is 5.96. The van der Waals surface area contributed by atoms with Gasteiger partial charge < -0.3 is 14.8 Å². The monoisotopic (exact) mass is 327 g/mol. The summed E-state index contributed by atoms with van der Waals surface area (Å²) in [5.74, 6) is 1.57. The van der Waals surface area contributed by atoms with Gasteiger partial charge in [-0.3, -0.25) is 4.79 Å². The average molecular weight is 327 g/mol. The third kappa shape index (κ3) is 3.64. The molecule has 0 saturated carbocycles. The van der Waals surface area contributed by atoms with Crippen LogP contribution in [0.15, 0.2) is 30.7 Å². The van der Waals surface area contributed by atoms with Crippen LogP contribution in [0.5, 0.6) is 11.5 Å². The molecule has 1 aromatic heterocycles. The highest BCUT2D eigenvalue weighted by Gasteiger charge is 2.15. The maximum Gasteiger partial charge on any atom is 0.254 e. The van der Waals surface area contributed by atoms with Crippen molar-refractivity contribution in [3.05, 3.63) is 47.5 Å². The summed E-state index contributed by atoms with van der Waals surface area (Å²) in [6.07, 6.45) is 3.76. The van der Waals surface area contributed by atoms with E-state index in [1.165, 1.54) is 6.33 Å². The van der Waals surface area contributed by atoms with Crippen LogP contribution in [0.3, 0.4) is 0 Å². The quantitative estimate of drug-likeness (QED) is 0.912. The Morgan fingerprint density at radius 1 is 1.25 bits per heavy atom. The summed E-state index contributed by atoms with van der Waals surface area (Å²) in [4.78, 5) is 20.5. The highest BCUT2D eigenvalue weighted by Crippen LogP contribution is 2.30. The summed E-state index contributed by atoms with van der Waals surface area (Å²) < 4.78 is 11.1. The van der Waals surface area contributed by atoms with Crippen LogP contribution >= 0.6 is 0 Å². The van der Waals surface area contributed by atoms with Crippen molar-refractivity contribution < 1.29 is 14.3 Å². The minimum atomic E-state index is -0.142. The van der Waals surface area contributed by atoms with Gasteiger partial charge in [-0.2, -0.15) is 0 Å². The molecule has 1 aliphatic heterocycles. The molecule has 1 aromatic carbocycles. The minimum absolute atomic E-state index is 0.142. The van der Waals surface area contributed by atoms with Crippen LogP contribution in [0.1, 0.15) is 41.4 Å². The van der Waals surface area contributed by atoms with E-state index < -0.39 is 0 Å². The van der Waals surface area contributed by atoms with Gasteiger partial charge in [0.2, 0.25) is 0 Å². The largest absolute Gasteiger partial charge is 0.486 e. The average Bonchev–Trinajstić information content (AvgIpc) is 2.61. The molecule has 0 saturated heterocycles. The van der Waals surface area contributed by atoms with Crippen molar-refractivity contribution in [1.82, 2.24) is 15.3 Å². The molecular weight excluding hydrogens is 306 g/mol. The van der Waals surface area contributed by atoms with Gasteiger partial charge in [0.05, 0.1) is 11.3 Å². The first-order valence-corrected chi connectivity index (χ1v) is 8.12. The topological polar surface area (TPSA) is 73.3 Å². The Hall–Kier alpha value is -2.63. The van der Waals surface area contributed by atoms with Crippen LogP contribution in [0, 0.1) is 0 Å². The third-order valence-electron chi connectivity index (χ3n) is 3.84. The van der Waals surface area contributed by atoms with E-state index in [4.69, 9.17) is 9.47 Å². The van der Waals surface area contributed by atoms with Crippen molar-refractivity contribution >= 4 is 5.91 Å². The Morgan fingerprint density at radius 3 is 2.83 bits per heavy atom. The lowest BCUT2D eigenvalue weighted by molar-refractivity contribution is 0.0952. The van der Waals surface area contributed by atoms with Crippen LogP contribution < -0.4 is 14.8 Å². The molecule has 6 heteroatoms. The molecule has 126 valence electrons. The summed E-state index contributed by atoms with van der Waals surface area (Å²) in [5, 5.41) is 2.93. The van der Waals surface area contributed by atoms with Gasteiger partial charge in [-0.25, -0.2) is 9.97 Å². The molecule has 0 spiro atoms. The summed E-state index contributed by atoms with van der Waals surface area (Å²) in [5.41, 5.74) is 2.39. The second kappa shape index (κ2) is 7.29. The van der Waals surface area contributed by atoms with E-state index in [0.29, 0.717) is 31.7 Å². The Kier molecular flexibility index (Phi) is 4.93. The molecule has 1 amide bonds. The number of ether oxygens (including phenoxy) is 2. The molecule has 0 bridgehead atoms. The normalized spacial score (nSPS) is 13.0. The van der Waals surface area contributed by atoms with Gasteiger partial charge in [0.15, 0.2) is 11.5 Å². The highest BCUT2D eigenvalue weighted by atomic mass is 16.6. The first-order chi connectivity index (χ1) is 11.6. The number of hydrogen-bond donors (Lipinski definition) is 1. The van der Waals surface area contributed by atoms with Gasteiger partial charge in [0.1, 0.15) is 19.5 Å². The fourth-order valence-electron chi connectivity index (χ4n) is 2.63. The number of carbonyl (C=O) groups is 1. The highest BCUT2D eigenvalue weighted by molar-refractivity contribution is 5.95. The standard InChI is InChI=1S/C18H21N3O3/c1-12(2)17-14(10-19-11-21-17)18(22)20-6-5-13-3-4-15-16(9-13)24-8-7-23-15/h3-4,9-12H,5-8H2,1-2H3,(H,20,22). The molecule has 1 aliphatic rings. The number of benzene rings is 1. The predicted molar refractivity (Wildman–Crippen MR) is 89.6 cm³/mol.